The van der Waals surface area contributed by atoms with Gasteiger partial charge in [0.25, 0.3) is 0 Å². The average Bonchev–Trinajstić information content (AvgIpc) is 2.95. The number of sulfone groups is 1. The molecule has 1 aromatic heterocycles. The minimum absolute atomic E-state index is 0.00185. The summed E-state index contributed by atoms with van der Waals surface area (Å²) >= 11 is 0. The van der Waals surface area contributed by atoms with Crippen molar-refractivity contribution < 1.29 is 17.6 Å². The molecule has 0 radical (unpaired) electrons. The second-order valence-electron chi connectivity index (χ2n) is 5.15. The van der Waals surface area contributed by atoms with Gasteiger partial charge < -0.3 is 5.32 Å². The number of anilines is 1. The number of nitrogens with zero attached hydrogens (tertiary/aromatic N) is 2. The van der Waals surface area contributed by atoms with Gasteiger partial charge in [0.05, 0.1) is 22.0 Å². The van der Waals surface area contributed by atoms with E-state index in [0.717, 1.165) is 12.1 Å². The minimum atomic E-state index is -3.69. The van der Waals surface area contributed by atoms with Gasteiger partial charge in [0, 0.05) is 19.2 Å². The van der Waals surface area contributed by atoms with Crippen LogP contribution in [0.25, 0.3) is 0 Å². The summed E-state index contributed by atoms with van der Waals surface area (Å²) < 4.78 is 39.3. The first-order valence-electron chi connectivity index (χ1n) is 7.14. The Labute approximate surface area is 134 Å². The molecule has 124 valence electrons. The third-order valence-corrected chi connectivity index (χ3v) is 5.54. The maximum atomic E-state index is 12.9. The Morgan fingerprint density at radius 3 is 2.57 bits per heavy atom. The zero-order valence-corrected chi connectivity index (χ0v) is 13.7. The van der Waals surface area contributed by atoms with E-state index in [-0.39, 0.29) is 11.3 Å². The lowest BCUT2D eigenvalue weighted by Crippen LogP contribution is -2.25. The maximum absolute atomic E-state index is 12.9. The molecule has 1 amide bonds. The molecule has 2 rings (SSSR count). The molecule has 0 aliphatic rings. The van der Waals surface area contributed by atoms with Crippen LogP contribution in [0.3, 0.4) is 0 Å². The Balaban J connectivity index is 2.03. The maximum Gasteiger partial charge on any atom is 0.225 e. The quantitative estimate of drug-likeness (QED) is 0.818. The van der Waals surface area contributed by atoms with Crippen LogP contribution in [0.4, 0.5) is 10.1 Å². The molecule has 1 heterocycles. The van der Waals surface area contributed by atoms with Gasteiger partial charge in [-0.3, -0.25) is 9.48 Å². The molecule has 0 spiro atoms. The van der Waals surface area contributed by atoms with Gasteiger partial charge >= 0.3 is 0 Å². The highest BCUT2D eigenvalue weighted by Crippen LogP contribution is 2.19. The molecule has 0 aliphatic heterocycles. The molecule has 6 nitrogen and oxygen atoms in total. The van der Waals surface area contributed by atoms with Crippen LogP contribution in [0.5, 0.6) is 0 Å². The van der Waals surface area contributed by atoms with E-state index in [4.69, 9.17) is 0 Å². The number of benzene rings is 1. The van der Waals surface area contributed by atoms with Gasteiger partial charge in [-0.2, -0.15) is 5.10 Å². The zero-order valence-electron chi connectivity index (χ0n) is 12.9. The molecule has 1 aromatic carbocycles. The summed E-state index contributed by atoms with van der Waals surface area (Å²) in [7, 11) is -3.69. The molecular weight excluding hydrogens is 321 g/mol. The Kier molecular flexibility index (Phi) is 5.15. The standard InChI is InChI=1S/C15H18FN3O3S/c1-3-19-10-13(9-17-19)18-15(20)8-11(2)23(21,22)14-6-4-12(16)5-7-14/h4-7,9-11H,3,8H2,1-2H3,(H,18,20)/t11-/m0/s1. The fourth-order valence-corrected chi connectivity index (χ4v) is 3.39. The number of aryl methyl sites for hydroxylation is 1. The molecule has 0 bridgehead atoms. The third-order valence-electron chi connectivity index (χ3n) is 3.39. The summed E-state index contributed by atoms with van der Waals surface area (Å²) in [6, 6.07) is 4.56. The molecule has 1 atom stereocenters. The number of nitrogens with one attached hydrogen (secondary N) is 1. The first-order valence-corrected chi connectivity index (χ1v) is 8.69. The fraction of sp³-hybridized carbons (Fsp3) is 0.333. The van der Waals surface area contributed by atoms with Crippen LogP contribution in [0.2, 0.25) is 0 Å². The van der Waals surface area contributed by atoms with E-state index >= 15 is 0 Å². The van der Waals surface area contributed by atoms with E-state index in [1.54, 1.807) is 10.9 Å². The molecule has 23 heavy (non-hydrogen) atoms. The summed E-state index contributed by atoms with van der Waals surface area (Å²) in [4.78, 5) is 12.0. The number of hydrogen-bond acceptors (Lipinski definition) is 4. The summed E-state index contributed by atoms with van der Waals surface area (Å²) in [6.45, 7) is 4.04. The monoisotopic (exact) mass is 339 g/mol. The lowest BCUT2D eigenvalue weighted by molar-refractivity contribution is -0.116. The van der Waals surface area contributed by atoms with E-state index in [2.05, 4.69) is 10.4 Å². The van der Waals surface area contributed by atoms with Crippen LogP contribution >= 0.6 is 0 Å². The van der Waals surface area contributed by atoms with Crippen molar-refractivity contribution in [3.05, 3.63) is 42.5 Å². The van der Waals surface area contributed by atoms with Gasteiger partial charge in [0.2, 0.25) is 5.91 Å². The Bertz CT molecular complexity index is 785. The Morgan fingerprint density at radius 2 is 2.00 bits per heavy atom. The second kappa shape index (κ2) is 6.91. The van der Waals surface area contributed by atoms with Crippen molar-refractivity contribution in [1.29, 1.82) is 0 Å². The minimum Gasteiger partial charge on any atom is -0.323 e. The van der Waals surface area contributed by atoms with Gasteiger partial charge in [0.1, 0.15) is 5.82 Å². The van der Waals surface area contributed by atoms with Crippen LogP contribution in [-0.2, 0) is 21.2 Å². The van der Waals surface area contributed by atoms with Crippen molar-refractivity contribution in [3.8, 4) is 0 Å². The van der Waals surface area contributed by atoms with Crippen molar-refractivity contribution >= 4 is 21.4 Å². The summed E-state index contributed by atoms with van der Waals surface area (Å²) in [5.74, 6) is -0.930. The van der Waals surface area contributed by atoms with Crippen LogP contribution in [0.15, 0.2) is 41.6 Å². The Hall–Kier alpha value is -2.22. The van der Waals surface area contributed by atoms with Crippen molar-refractivity contribution in [2.45, 2.75) is 37.0 Å². The topological polar surface area (TPSA) is 81.1 Å². The summed E-state index contributed by atoms with van der Waals surface area (Å²) in [6.07, 6.45) is 2.97. The molecule has 0 fully saturated rings. The number of aromatic nitrogens is 2. The summed E-state index contributed by atoms with van der Waals surface area (Å²) in [5.41, 5.74) is 0.517. The molecule has 1 N–H and O–H groups in total. The Morgan fingerprint density at radius 1 is 1.35 bits per heavy atom. The predicted octanol–water partition coefficient (Wildman–Crippen LogP) is 2.23. The molecule has 0 saturated carbocycles. The number of rotatable bonds is 6. The normalized spacial score (nSPS) is 12.8. The average molecular weight is 339 g/mol. The van der Waals surface area contributed by atoms with E-state index in [9.17, 15) is 17.6 Å². The molecule has 0 saturated heterocycles. The highest BCUT2D eigenvalue weighted by Gasteiger charge is 2.25. The van der Waals surface area contributed by atoms with Gasteiger partial charge in [-0.05, 0) is 38.1 Å². The SMILES string of the molecule is CCn1cc(NC(=O)C[C@H](C)S(=O)(=O)c2ccc(F)cc2)cn1. The summed E-state index contributed by atoms with van der Waals surface area (Å²) in [5, 5.41) is 5.71. The highest BCUT2D eigenvalue weighted by atomic mass is 32.2. The molecule has 8 heteroatoms. The van der Waals surface area contributed by atoms with Crippen LogP contribution in [0.1, 0.15) is 20.3 Å². The van der Waals surface area contributed by atoms with E-state index in [1.165, 1.54) is 25.3 Å². The van der Waals surface area contributed by atoms with Gasteiger partial charge in [-0.1, -0.05) is 0 Å². The van der Waals surface area contributed by atoms with E-state index in [1.807, 2.05) is 6.92 Å². The molecule has 0 unspecified atom stereocenters. The van der Waals surface area contributed by atoms with E-state index < -0.39 is 26.8 Å². The van der Waals surface area contributed by atoms with Gasteiger partial charge in [-0.15, -0.1) is 0 Å². The number of hydrogen-bond donors (Lipinski definition) is 1. The van der Waals surface area contributed by atoms with Gasteiger partial charge in [-0.25, -0.2) is 12.8 Å². The highest BCUT2D eigenvalue weighted by molar-refractivity contribution is 7.92. The first-order chi connectivity index (χ1) is 10.8. The van der Waals surface area contributed by atoms with Crippen LogP contribution in [-0.4, -0.2) is 29.4 Å². The number of carbonyl (C=O) groups excluding carboxylic acids is 1. The van der Waals surface area contributed by atoms with Crippen molar-refractivity contribution in [3.63, 3.8) is 0 Å². The largest absolute Gasteiger partial charge is 0.323 e. The second-order valence-corrected chi connectivity index (χ2v) is 7.51. The van der Waals surface area contributed by atoms with Crippen LogP contribution in [0, 0.1) is 5.82 Å². The number of carbonyl (C=O) groups is 1. The smallest absolute Gasteiger partial charge is 0.225 e. The fourth-order valence-electron chi connectivity index (χ4n) is 2.04. The first kappa shape index (κ1) is 17.1. The third kappa shape index (κ3) is 4.16. The predicted molar refractivity (Wildman–Crippen MR) is 84.2 cm³/mol. The number of halogens is 1. The molecular formula is C15H18FN3O3S. The lowest BCUT2D eigenvalue weighted by Gasteiger charge is -2.12. The molecule has 2 aromatic rings. The molecule has 0 aliphatic carbocycles. The van der Waals surface area contributed by atoms with Crippen LogP contribution < -0.4 is 5.32 Å². The van der Waals surface area contributed by atoms with Crippen molar-refractivity contribution in [2.75, 3.05) is 5.32 Å². The van der Waals surface area contributed by atoms with Crippen molar-refractivity contribution in [2.24, 2.45) is 0 Å². The number of amides is 1. The lowest BCUT2D eigenvalue weighted by atomic mass is 10.3. The van der Waals surface area contributed by atoms with Gasteiger partial charge in [0.15, 0.2) is 9.84 Å². The van der Waals surface area contributed by atoms with E-state index in [0.29, 0.717) is 12.2 Å². The van der Waals surface area contributed by atoms with Crippen molar-refractivity contribution in [1.82, 2.24) is 9.78 Å². The zero-order chi connectivity index (χ0) is 17.0.